The van der Waals surface area contributed by atoms with Gasteiger partial charge in [0.25, 0.3) is 0 Å². The molecule has 0 heterocycles. The molecule has 0 fully saturated rings. The summed E-state index contributed by atoms with van der Waals surface area (Å²) in [5.41, 5.74) is 2.26. The fraction of sp³-hybridized carbons (Fsp3) is 0.208. The van der Waals surface area contributed by atoms with Crippen molar-refractivity contribution in [2.75, 3.05) is 14.2 Å². The van der Waals surface area contributed by atoms with Crippen LogP contribution in [0.4, 0.5) is 0 Å². The molecule has 0 spiro atoms. The Kier molecular flexibility index (Phi) is 8.57. The summed E-state index contributed by atoms with van der Waals surface area (Å²) in [6.07, 6.45) is 0. The van der Waals surface area contributed by atoms with E-state index < -0.39 is 5.97 Å². The van der Waals surface area contributed by atoms with Gasteiger partial charge >= 0.3 is 14.0 Å². The average molecular weight is 449 g/mol. The molecule has 0 saturated carbocycles. The van der Waals surface area contributed by atoms with Crippen molar-refractivity contribution in [3.05, 3.63) is 82.9 Å². The summed E-state index contributed by atoms with van der Waals surface area (Å²) in [7, 11) is 8.37. The molecule has 0 aliphatic rings. The molecular formula is C24H24BNO7. The fourth-order valence-corrected chi connectivity index (χ4v) is 3.11. The molecule has 8 nitrogen and oxygen atoms in total. The Morgan fingerprint density at radius 1 is 0.788 bits per heavy atom. The number of hydrogen-bond donors (Lipinski definition) is 1. The lowest BCUT2D eigenvalue weighted by Crippen LogP contribution is -2.13. The van der Waals surface area contributed by atoms with E-state index in [2.05, 4.69) is 4.65 Å². The van der Waals surface area contributed by atoms with Crippen molar-refractivity contribution >= 4 is 14.0 Å². The predicted molar refractivity (Wildman–Crippen MR) is 121 cm³/mol. The van der Waals surface area contributed by atoms with Crippen LogP contribution in [0, 0.1) is 0 Å². The van der Waals surface area contributed by atoms with Gasteiger partial charge in [-0.05, 0) is 47.0 Å². The molecule has 0 atom stereocenters. The Morgan fingerprint density at radius 2 is 1.33 bits per heavy atom. The number of benzene rings is 3. The van der Waals surface area contributed by atoms with Crippen LogP contribution in [0.1, 0.15) is 27.0 Å². The van der Waals surface area contributed by atoms with Gasteiger partial charge < -0.3 is 23.6 Å². The normalized spacial score (nSPS) is 10.4. The Bertz CT molecular complexity index is 1060. The Morgan fingerprint density at radius 3 is 1.82 bits per heavy atom. The van der Waals surface area contributed by atoms with Gasteiger partial charge in [0.15, 0.2) is 11.5 Å². The van der Waals surface area contributed by atoms with E-state index in [1.165, 1.54) is 0 Å². The highest BCUT2D eigenvalue weighted by molar-refractivity contribution is 6.11. The van der Waals surface area contributed by atoms with Crippen LogP contribution in [0.5, 0.6) is 23.0 Å². The molecule has 0 aromatic heterocycles. The van der Waals surface area contributed by atoms with Crippen LogP contribution in [-0.4, -0.2) is 28.2 Å². The molecule has 2 radical (unpaired) electrons. The average Bonchev–Trinajstić information content (AvgIpc) is 2.87. The lowest BCUT2D eigenvalue weighted by molar-refractivity contribution is 0.0732. The summed E-state index contributed by atoms with van der Waals surface area (Å²) >= 11 is 0. The standard InChI is InChI=1S/C24H24BNO7/c1-28-19-8-3-16(4-9-19)13-30-21-12-7-18(15-32-26)22(24(27)33-25)23(21)31-14-17-5-10-20(29-2)11-6-17/h3-12H,13-15,26H2,1-2H3. The number of rotatable bonds is 11. The van der Waals surface area contributed by atoms with Crippen LogP contribution in [0.2, 0.25) is 0 Å². The van der Waals surface area contributed by atoms with Crippen LogP contribution < -0.4 is 24.8 Å². The first-order valence-electron chi connectivity index (χ1n) is 9.99. The zero-order valence-electron chi connectivity index (χ0n) is 18.4. The van der Waals surface area contributed by atoms with Gasteiger partial charge in [-0.2, -0.15) is 0 Å². The summed E-state index contributed by atoms with van der Waals surface area (Å²) in [6, 6.07) is 18.1. The molecule has 0 aliphatic carbocycles. The van der Waals surface area contributed by atoms with Crippen LogP contribution in [-0.2, 0) is 29.3 Å². The first-order chi connectivity index (χ1) is 16.1. The third-order valence-electron chi connectivity index (χ3n) is 4.85. The summed E-state index contributed by atoms with van der Waals surface area (Å²) in [5, 5.41) is 0. The maximum atomic E-state index is 12.5. The molecule has 3 aromatic rings. The van der Waals surface area contributed by atoms with Gasteiger partial charge in [-0.15, -0.1) is 0 Å². The molecule has 3 aromatic carbocycles. The van der Waals surface area contributed by atoms with Crippen molar-refractivity contribution in [3.63, 3.8) is 0 Å². The molecule has 9 heteroatoms. The lowest BCUT2D eigenvalue weighted by Gasteiger charge is -2.18. The van der Waals surface area contributed by atoms with Crippen LogP contribution in [0.15, 0.2) is 60.7 Å². The molecule has 0 saturated heterocycles. The van der Waals surface area contributed by atoms with Gasteiger partial charge in [0.1, 0.15) is 30.3 Å². The minimum Gasteiger partial charge on any atom is -0.540 e. The zero-order valence-corrected chi connectivity index (χ0v) is 18.4. The van der Waals surface area contributed by atoms with E-state index in [0.29, 0.717) is 11.3 Å². The fourth-order valence-electron chi connectivity index (χ4n) is 3.11. The molecule has 3 rings (SSSR count). The minimum absolute atomic E-state index is 0.0535. The topological polar surface area (TPSA) is 98.5 Å². The van der Waals surface area contributed by atoms with Crippen molar-refractivity contribution in [2.45, 2.75) is 19.8 Å². The minimum atomic E-state index is -0.804. The van der Waals surface area contributed by atoms with Gasteiger partial charge in [0, 0.05) is 0 Å². The number of methoxy groups -OCH3 is 2. The number of nitrogens with two attached hydrogens (primary N) is 1. The van der Waals surface area contributed by atoms with Gasteiger partial charge in [0.05, 0.1) is 20.8 Å². The number of carbonyl (C=O) groups excluding carboxylic acids is 1. The first kappa shape index (κ1) is 24.0. The van der Waals surface area contributed by atoms with E-state index >= 15 is 0 Å². The first-order valence-corrected chi connectivity index (χ1v) is 9.99. The van der Waals surface area contributed by atoms with Crippen molar-refractivity contribution in [3.8, 4) is 23.0 Å². The van der Waals surface area contributed by atoms with Crippen molar-refractivity contribution in [1.29, 1.82) is 0 Å². The quantitative estimate of drug-likeness (QED) is 0.351. The molecule has 170 valence electrons. The van der Waals surface area contributed by atoms with E-state index in [0.717, 1.165) is 22.6 Å². The van der Waals surface area contributed by atoms with Crippen LogP contribution in [0.25, 0.3) is 0 Å². The second kappa shape index (κ2) is 11.8. The molecule has 0 bridgehead atoms. The summed E-state index contributed by atoms with van der Waals surface area (Å²) in [6.45, 7) is 0.329. The monoisotopic (exact) mass is 449 g/mol. The number of hydrogen-bond acceptors (Lipinski definition) is 8. The van der Waals surface area contributed by atoms with Gasteiger partial charge in [-0.25, -0.2) is 10.7 Å². The highest BCUT2D eigenvalue weighted by Gasteiger charge is 2.23. The molecule has 0 unspecified atom stereocenters. The molecule has 0 amide bonds. The molecule has 2 N–H and O–H groups in total. The molecule has 0 aliphatic heterocycles. The number of ether oxygens (including phenoxy) is 4. The summed E-state index contributed by atoms with van der Waals surface area (Å²) < 4.78 is 26.9. The van der Waals surface area contributed by atoms with E-state index in [1.807, 2.05) is 48.5 Å². The van der Waals surface area contributed by atoms with Crippen LogP contribution >= 0.6 is 0 Å². The third-order valence-corrected chi connectivity index (χ3v) is 4.85. The maximum Gasteiger partial charge on any atom is 0.378 e. The van der Waals surface area contributed by atoms with Crippen LogP contribution in [0.3, 0.4) is 0 Å². The summed E-state index contributed by atoms with van der Waals surface area (Å²) in [5.74, 6) is 6.39. The molecule has 33 heavy (non-hydrogen) atoms. The summed E-state index contributed by atoms with van der Waals surface area (Å²) in [4.78, 5) is 17.2. The smallest absolute Gasteiger partial charge is 0.378 e. The SMILES string of the molecule is [B]OC(=O)c1c(CON)ccc(OCc2ccc(OC)cc2)c1OCc1ccc(OC)cc1. The highest BCUT2D eigenvalue weighted by Crippen LogP contribution is 2.36. The maximum absolute atomic E-state index is 12.5. The predicted octanol–water partition coefficient (Wildman–Crippen LogP) is 3.49. The Labute approximate surface area is 193 Å². The van der Waals surface area contributed by atoms with Crippen molar-refractivity contribution < 1.29 is 33.2 Å². The second-order valence-corrected chi connectivity index (χ2v) is 6.92. The van der Waals surface area contributed by atoms with Gasteiger partial charge in [-0.3, -0.25) is 4.84 Å². The largest absolute Gasteiger partial charge is 0.540 e. The van der Waals surface area contributed by atoms with Crippen molar-refractivity contribution in [2.24, 2.45) is 5.90 Å². The Balaban J connectivity index is 1.91. The zero-order chi connectivity index (χ0) is 23.6. The third kappa shape index (κ3) is 6.18. The Hall–Kier alpha value is -3.69. The van der Waals surface area contributed by atoms with Gasteiger partial charge in [0.2, 0.25) is 0 Å². The van der Waals surface area contributed by atoms with Crippen molar-refractivity contribution in [1.82, 2.24) is 0 Å². The van der Waals surface area contributed by atoms with E-state index in [9.17, 15) is 4.79 Å². The van der Waals surface area contributed by atoms with E-state index in [4.69, 9.17) is 37.7 Å². The molecular weight excluding hydrogens is 425 g/mol. The van der Waals surface area contributed by atoms with Gasteiger partial charge in [-0.1, -0.05) is 30.3 Å². The van der Waals surface area contributed by atoms with E-state index in [1.54, 1.807) is 26.4 Å². The lowest BCUT2D eigenvalue weighted by atomic mass is 10.1. The number of carbonyl (C=O) groups is 1. The highest BCUT2D eigenvalue weighted by atomic mass is 16.6. The second-order valence-electron chi connectivity index (χ2n) is 6.92. The van der Waals surface area contributed by atoms with E-state index in [-0.39, 0.29) is 31.1 Å².